The third-order valence-corrected chi connectivity index (χ3v) is 4.04. The first-order valence-corrected chi connectivity index (χ1v) is 7.36. The molecule has 2 aromatic rings. The van der Waals surface area contributed by atoms with Crippen molar-refractivity contribution >= 4 is 17.2 Å². The van der Waals surface area contributed by atoms with Gasteiger partial charge in [-0.3, -0.25) is 0 Å². The van der Waals surface area contributed by atoms with Crippen LogP contribution in [0, 0.1) is 6.92 Å². The van der Waals surface area contributed by atoms with Gasteiger partial charge in [0, 0.05) is 16.6 Å². The topological polar surface area (TPSA) is 36.4 Å². The molecule has 19 heavy (non-hydrogen) atoms. The number of nitrogens with zero attached hydrogens (tertiary/aromatic N) is 2. The molecule has 0 bridgehead atoms. The first-order chi connectivity index (χ1) is 9.11. The van der Waals surface area contributed by atoms with E-state index in [-0.39, 0.29) is 6.61 Å². The van der Waals surface area contributed by atoms with Crippen molar-refractivity contribution in [3.63, 3.8) is 0 Å². The van der Waals surface area contributed by atoms with Crippen LogP contribution in [0.3, 0.4) is 0 Å². The molecular formula is C15H20N2OS. The fourth-order valence-corrected chi connectivity index (χ4v) is 2.70. The first kappa shape index (κ1) is 14.0. The number of pyridine rings is 1. The van der Waals surface area contributed by atoms with Crippen LogP contribution in [0.5, 0.6) is 0 Å². The van der Waals surface area contributed by atoms with Gasteiger partial charge in [0.15, 0.2) is 0 Å². The number of hydrogen-bond donors (Lipinski definition) is 1. The van der Waals surface area contributed by atoms with Gasteiger partial charge in [-0.2, -0.15) is 0 Å². The largest absolute Gasteiger partial charge is 0.392 e. The summed E-state index contributed by atoms with van der Waals surface area (Å²) in [5.41, 5.74) is 1.79. The zero-order valence-corrected chi connectivity index (χ0v) is 12.4. The highest BCUT2D eigenvalue weighted by Gasteiger charge is 2.14. The van der Waals surface area contributed by atoms with Gasteiger partial charge < -0.3 is 10.0 Å². The van der Waals surface area contributed by atoms with E-state index in [0.717, 1.165) is 23.6 Å². The van der Waals surface area contributed by atoms with Crippen LogP contribution in [-0.2, 0) is 13.2 Å². The van der Waals surface area contributed by atoms with E-state index in [1.165, 1.54) is 4.88 Å². The van der Waals surface area contributed by atoms with Crippen molar-refractivity contribution in [2.24, 2.45) is 0 Å². The Morgan fingerprint density at radius 1 is 1.32 bits per heavy atom. The quantitative estimate of drug-likeness (QED) is 0.909. The number of aliphatic hydroxyl groups is 1. The van der Waals surface area contributed by atoms with Crippen molar-refractivity contribution in [1.82, 2.24) is 4.98 Å². The van der Waals surface area contributed by atoms with E-state index in [1.807, 2.05) is 19.1 Å². The molecule has 3 nitrogen and oxygen atoms in total. The molecule has 0 amide bonds. The van der Waals surface area contributed by atoms with Gasteiger partial charge in [0.25, 0.3) is 0 Å². The Balaban J connectivity index is 2.26. The molecule has 0 saturated heterocycles. The molecule has 0 aliphatic heterocycles. The van der Waals surface area contributed by atoms with Gasteiger partial charge in [-0.25, -0.2) is 4.98 Å². The van der Waals surface area contributed by atoms with Gasteiger partial charge >= 0.3 is 0 Å². The number of aromatic nitrogens is 1. The minimum Gasteiger partial charge on any atom is -0.392 e. The summed E-state index contributed by atoms with van der Waals surface area (Å²) in [6.45, 7) is 7.21. The van der Waals surface area contributed by atoms with Crippen LogP contribution in [0.15, 0.2) is 29.6 Å². The van der Waals surface area contributed by atoms with Gasteiger partial charge in [-0.15, -0.1) is 11.3 Å². The predicted octanol–water partition coefficient (Wildman–Crippen LogP) is 3.36. The van der Waals surface area contributed by atoms with Crippen molar-refractivity contribution in [1.29, 1.82) is 0 Å². The lowest BCUT2D eigenvalue weighted by Gasteiger charge is -2.28. The summed E-state index contributed by atoms with van der Waals surface area (Å²) in [7, 11) is 0. The third kappa shape index (κ3) is 3.33. The Hall–Kier alpha value is -1.39. The molecule has 1 N–H and O–H groups in total. The van der Waals surface area contributed by atoms with Crippen LogP contribution in [0.25, 0.3) is 0 Å². The Morgan fingerprint density at radius 3 is 2.63 bits per heavy atom. The molecule has 4 heteroatoms. The van der Waals surface area contributed by atoms with E-state index in [0.29, 0.717) is 6.04 Å². The lowest BCUT2D eigenvalue weighted by atomic mass is 10.2. The predicted molar refractivity (Wildman–Crippen MR) is 80.5 cm³/mol. The fourth-order valence-electron chi connectivity index (χ4n) is 2.00. The number of anilines is 1. The van der Waals surface area contributed by atoms with Gasteiger partial charge in [-0.05, 0) is 43.8 Å². The van der Waals surface area contributed by atoms with E-state index >= 15 is 0 Å². The van der Waals surface area contributed by atoms with Crippen molar-refractivity contribution in [3.05, 3.63) is 45.8 Å². The van der Waals surface area contributed by atoms with Gasteiger partial charge in [0.2, 0.25) is 0 Å². The van der Waals surface area contributed by atoms with Gasteiger partial charge in [0.05, 0.1) is 13.2 Å². The molecule has 0 saturated carbocycles. The summed E-state index contributed by atoms with van der Waals surface area (Å²) >= 11 is 1.77. The smallest absolute Gasteiger partial charge is 0.129 e. The molecule has 2 aromatic heterocycles. The van der Waals surface area contributed by atoms with Crippen LogP contribution in [-0.4, -0.2) is 16.1 Å². The van der Waals surface area contributed by atoms with E-state index < -0.39 is 0 Å². The van der Waals surface area contributed by atoms with E-state index in [2.05, 4.69) is 41.2 Å². The Bertz CT molecular complexity index is 523. The van der Waals surface area contributed by atoms with E-state index in [1.54, 1.807) is 11.3 Å². The third-order valence-electron chi connectivity index (χ3n) is 3.17. The van der Waals surface area contributed by atoms with Crippen molar-refractivity contribution in [2.75, 3.05) is 4.90 Å². The summed E-state index contributed by atoms with van der Waals surface area (Å²) in [5, 5.41) is 11.3. The highest BCUT2D eigenvalue weighted by atomic mass is 32.1. The number of aliphatic hydroxyl groups excluding tert-OH is 1. The normalized spacial score (nSPS) is 11.0. The molecule has 0 aliphatic rings. The lowest BCUT2D eigenvalue weighted by molar-refractivity contribution is 0.280. The molecule has 2 rings (SSSR count). The second kappa shape index (κ2) is 6.17. The Morgan fingerprint density at radius 2 is 2.11 bits per heavy atom. The maximum absolute atomic E-state index is 9.21. The fraction of sp³-hybridized carbons (Fsp3) is 0.400. The standard InChI is InChI=1S/C15H20N2OS/c1-11(2)17(9-14-5-4-8-19-14)15-7-6-13(10-18)12(3)16-15/h4-8,11,18H,9-10H2,1-3H3. The molecule has 0 atom stereocenters. The summed E-state index contributed by atoms with van der Waals surface area (Å²) in [4.78, 5) is 8.23. The molecule has 0 radical (unpaired) electrons. The zero-order chi connectivity index (χ0) is 13.8. The minimum absolute atomic E-state index is 0.0473. The Kier molecular flexibility index (Phi) is 4.56. The summed E-state index contributed by atoms with van der Waals surface area (Å²) in [6.07, 6.45) is 0. The number of aryl methyl sites for hydroxylation is 1. The monoisotopic (exact) mass is 276 g/mol. The molecule has 0 unspecified atom stereocenters. The molecule has 102 valence electrons. The number of rotatable bonds is 5. The zero-order valence-electron chi connectivity index (χ0n) is 11.6. The molecular weight excluding hydrogens is 256 g/mol. The average Bonchev–Trinajstić information content (AvgIpc) is 2.88. The minimum atomic E-state index is 0.0473. The van der Waals surface area contributed by atoms with Crippen molar-refractivity contribution in [3.8, 4) is 0 Å². The highest BCUT2D eigenvalue weighted by Crippen LogP contribution is 2.21. The molecule has 0 spiro atoms. The number of hydrogen-bond acceptors (Lipinski definition) is 4. The van der Waals surface area contributed by atoms with Crippen molar-refractivity contribution < 1.29 is 5.11 Å². The van der Waals surface area contributed by atoms with Gasteiger partial charge in [0.1, 0.15) is 5.82 Å². The van der Waals surface area contributed by atoms with Crippen LogP contribution in [0.4, 0.5) is 5.82 Å². The van der Waals surface area contributed by atoms with E-state index in [9.17, 15) is 5.11 Å². The summed E-state index contributed by atoms with van der Waals surface area (Å²) < 4.78 is 0. The molecule has 0 aromatic carbocycles. The summed E-state index contributed by atoms with van der Waals surface area (Å²) in [5.74, 6) is 0.970. The van der Waals surface area contributed by atoms with Crippen LogP contribution < -0.4 is 4.90 Å². The maximum atomic E-state index is 9.21. The first-order valence-electron chi connectivity index (χ1n) is 6.48. The highest BCUT2D eigenvalue weighted by molar-refractivity contribution is 7.09. The molecule has 0 aliphatic carbocycles. The number of thiophene rings is 1. The van der Waals surface area contributed by atoms with E-state index in [4.69, 9.17) is 0 Å². The summed E-state index contributed by atoms with van der Waals surface area (Å²) in [6, 6.07) is 8.56. The second-order valence-corrected chi connectivity index (χ2v) is 5.91. The van der Waals surface area contributed by atoms with Crippen molar-refractivity contribution in [2.45, 2.75) is 40.0 Å². The van der Waals surface area contributed by atoms with Crippen LogP contribution in [0.1, 0.15) is 30.0 Å². The average molecular weight is 276 g/mol. The molecule has 0 fully saturated rings. The SMILES string of the molecule is Cc1nc(N(Cc2cccs2)C(C)C)ccc1CO. The molecule has 2 heterocycles. The van der Waals surface area contributed by atoms with Crippen LogP contribution >= 0.6 is 11.3 Å². The second-order valence-electron chi connectivity index (χ2n) is 4.87. The lowest BCUT2D eigenvalue weighted by Crippen LogP contribution is -2.30. The maximum Gasteiger partial charge on any atom is 0.129 e. The van der Waals surface area contributed by atoms with Gasteiger partial charge in [-0.1, -0.05) is 12.1 Å². The van der Waals surface area contributed by atoms with Crippen LogP contribution in [0.2, 0.25) is 0 Å². The Labute approximate surface area is 118 Å².